The average molecular weight is 255 g/mol. The Hall–Kier alpha value is -0.800. The molecular weight excluding hydrogens is 236 g/mol. The summed E-state index contributed by atoms with van der Waals surface area (Å²) >= 11 is 5.97. The van der Waals surface area contributed by atoms with Gasteiger partial charge in [0.25, 0.3) is 0 Å². The molecule has 2 heterocycles. The molecule has 1 fully saturated rings. The Morgan fingerprint density at radius 2 is 2.35 bits per heavy atom. The van der Waals surface area contributed by atoms with Crippen molar-refractivity contribution in [3.8, 4) is 0 Å². The van der Waals surface area contributed by atoms with Crippen molar-refractivity contribution < 1.29 is 4.74 Å². The lowest BCUT2D eigenvalue weighted by molar-refractivity contribution is 0.118. The molecule has 1 saturated heterocycles. The second-order valence-electron chi connectivity index (χ2n) is 4.63. The Balaban J connectivity index is 2.28. The number of aromatic nitrogens is 1. The molecule has 0 saturated carbocycles. The van der Waals surface area contributed by atoms with Crippen molar-refractivity contribution in [2.24, 2.45) is 0 Å². The van der Waals surface area contributed by atoms with Crippen molar-refractivity contribution in [2.45, 2.75) is 38.3 Å². The Kier molecular flexibility index (Phi) is 3.89. The average Bonchev–Trinajstić information content (AvgIpc) is 2.74. The van der Waals surface area contributed by atoms with Crippen LogP contribution in [0.25, 0.3) is 0 Å². The third kappa shape index (κ3) is 2.55. The van der Waals surface area contributed by atoms with Crippen LogP contribution >= 0.6 is 11.6 Å². The van der Waals surface area contributed by atoms with Gasteiger partial charge in [0.05, 0.1) is 18.0 Å². The van der Waals surface area contributed by atoms with Gasteiger partial charge in [0.1, 0.15) is 0 Å². The number of likely N-dealkylation sites (N-methyl/N-ethyl adjacent to an activating group) is 1. The maximum Gasteiger partial charge on any atom is 0.0750 e. The van der Waals surface area contributed by atoms with Gasteiger partial charge in [-0.25, -0.2) is 0 Å². The molecule has 1 aromatic rings. The molecule has 0 aromatic carbocycles. The number of hydrogen-bond donors (Lipinski definition) is 0. The van der Waals surface area contributed by atoms with Crippen LogP contribution in [0.5, 0.6) is 0 Å². The van der Waals surface area contributed by atoms with Crippen molar-refractivity contribution in [3.05, 3.63) is 23.5 Å². The molecular formula is C13H19ClN2O. The number of ether oxygens (including phenoxy) is 1. The van der Waals surface area contributed by atoms with Crippen LogP contribution in [0.15, 0.2) is 12.3 Å². The molecule has 0 spiro atoms. The van der Waals surface area contributed by atoms with Crippen LogP contribution in [0.3, 0.4) is 0 Å². The number of alkyl halides is 1. The van der Waals surface area contributed by atoms with Crippen LogP contribution in [0.2, 0.25) is 0 Å². The SMILES string of the molecule is Cc1cc(N(C)C2CCOC2C)c(CCl)cn1. The number of anilines is 1. The van der Waals surface area contributed by atoms with Gasteiger partial charge < -0.3 is 9.64 Å². The van der Waals surface area contributed by atoms with E-state index in [0.29, 0.717) is 11.9 Å². The fraction of sp³-hybridized carbons (Fsp3) is 0.615. The molecule has 0 N–H and O–H groups in total. The van der Waals surface area contributed by atoms with E-state index in [-0.39, 0.29) is 6.10 Å². The number of pyridine rings is 1. The standard InChI is InChI=1S/C13H19ClN2O/c1-9-6-13(11(7-14)8-15-9)16(3)12-4-5-17-10(12)2/h6,8,10,12H,4-5,7H2,1-3H3. The summed E-state index contributed by atoms with van der Waals surface area (Å²) in [4.78, 5) is 6.58. The number of nitrogens with zero attached hydrogens (tertiary/aromatic N) is 2. The lowest BCUT2D eigenvalue weighted by Crippen LogP contribution is -2.37. The van der Waals surface area contributed by atoms with Gasteiger partial charge in [-0.05, 0) is 26.3 Å². The zero-order valence-corrected chi connectivity index (χ0v) is 11.4. The maximum atomic E-state index is 5.97. The minimum absolute atomic E-state index is 0.275. The minimum Gasteiger partial charge on any atom is -0.376 e. The molecule has 1 aromatic heterocycles. The van der Waals surface area contributed by atoms with Gasteiger partial charge in [-0.3, -0.25) is 4.98 Å². The number of rotatable bonds is 3. The van der Waals surface area contributed by atoms with Crippen molar-refractivity contribution >= 4 is 17.3 Å². The van der Waals surface area contributed by atoms with Gasteiger partial charge in [-0.15, -0.1) is 11.6 Å². The fourth-order valence-electron chi connectivity index (χ4n) is 2.41. The predicted octanol–water partition coefficient (Wildman–Crippen LogP) is 2.74. The molecule has 2 rings (SSSR count). The quantitative estimate of drug-likeness (QED) is 0.776. The van der Waals surface area contributed by atoms with E-state index in [4.69, 9.17) is 16.3 Å². The van der Waals surface area contributed by atoms with E-state index in [1.165, 1.54) is 5.69 Å². The summed E-state index contributed by atoms with van der Waals surface area (Å²) < 4.78 is 5.62. The Morgan fingerprint density at radius 1 is 1.59 bits per heavy atom. The zero-order valence-electron chi connectivity index (χ0n) is 10.6. The smallest absolute Gasteiger partial charge is 0.0750 e. The highest BCUT2D eigenvalue weighted by atomic mass is 35.5. The van der Waals surface area contributed by atoms with Gasteiger partial charge in [0, 0.05) is 36.8 Å². The normalized spacial score (nSPS) is 24.0. The summed E-state index contributed by atoms with van der Waals surface area (Å²) in [5.41, 5.74) is 3.28. The molecule has 1 aliphatic rings. The lowest BCUT2D eigenvalue weighted by atomic mass is 10.1. The van der Waals surface area contributed by atoms with Gasteiger partial charge in [0.2, 0.25) is 0 Å². The van der Waals surface area contributed by atoms with Crippen LogP contribution in [-0.4, -0.2) is 30.8 Å². The monoisotopic (exact) mass is 254 g/mol. The first-order valence-corrected chi connectivity index (χ1v) is 6.53. The molecule has 0 aliphatic carbocycles. The van der Waals surface area contributed by atoms with E-state index in [0.717, 1.165) is 24.3 Å². The lowest BCUT2D eigenvalue weighted by Gasteiger charge is -2.30. The molecule has 94 valence electrons. The van der Waals surface area contributed by atoms with Crippen LogP contribution in [0, 0.1) is 6.92 Å². The molecule has 0 bridgehead atoms. The third-order valence-corrected chi connectivity index (χ3v) is 3.74. The fourth-order valence-corrected chi connectivity index (χ4v) is 2.62. The van der Waals surface area contributed by atoms with E-state index in [1.807, 2.05) is 13.1 Å². The van der Waals surface area contributed by atoms with Crippen LogP contribution < -0.4 is 4.90 Å². The molecule has 4 heteroatoms. The molecule has 1 aliphatic heterocycles. The second kappa shape index (κ2) is 5.23. The van der Waals surface area contributed by atoms with Crippen LogP contribution in [0.1, 0.15) is 24.6 Å². The topological polar surface area (TPSA) is 25.4 Å². The Bertz CT molecular complexity index is 397. The van der Waals surface area contributed by atoms with E-state index >= 15 is 0 Å². The molecule has 2 atom stereocenters. The first-order chi connectivity index (χ1) is 8.13. The number of aryl methyl sites for hydroxylation is 1. The van der Waals surface area contributed by atoms with Crippen LogP contribution in [-0.2, 0) is 10.6 Å². The van der Waals surface area contributed by atoms with Crippen molar-refractivity contribution in [1.29, 1.82) is 0 Å². The van der Waals surface area contributed by atoms with Gasteiger partial charge >= 0.3 is 0 Å². The van der Waals surface area contributed by atoms with E-state index in [2.05, 4.69) is 29.9 Å². The first-order valence-electron chi connectivity index (χ1n) is 5.99. The molecule has 0 radical (unpaired) electrons. The summed E-state index contributed by atoms with van der Waals surface area (Å²) in [5.74, 6) is 0.495. The zero-order chi connectivity index (χ0) is 12.4. The van der Waals surface area contributed by atoms with Gasteiger partial charge in [-0.1, -0.05) is 0 Å². The molecule has 3 nitrogen and oxygen atoms in total. The second-order valence-corrected chi connectivity index (χ2v) is 4.90. The van der Waals surface area contributed by atoms with Crippen molar-refractivity contribution in [1.82, 2.24) is 4.98 Å². The highest BCUT2D eigenvalue weighted by Crippen LogP contribution is 2.28. The molecule has 2 unspecified atom stereocenters. The van der Waals surface area contributed by atoms with Crippen LogP contribution in [0.4, 0.5) is 5.69 Å². The third-order valence-electron chi connectivity index (χ3n) is 3.46. The maximum absolute atomic E-state index is 5.97. The van der Waals surface area contributed by atoms with Gasteiger partial charge in [-0.2, -0.15) is 0 Å². The Labute approximate surface area is 108 Å². The van der Waals surface area contributed by atoms with E-state index in [9.17, 15) is 0 Å². The molecule has 0 amide bonds. The van der Waals surface area contributed by atoms with E-state index < -0.39 is 0 Å². The van der Waals surface area contributed by atoms with Crippen molar-refractivity contribution in [2.75, 3.05) is 18.6 Å². The number of hydrogen-bond acceptors (Lipinski definition) is 3. The predicted molar refractivity (Wildman–Crippen MR) is 70.8 cm³/mol. The number of halogens is 1. The molecule has 17 heavy (non-hydrogen) atoms. The minimum atomic E-state index is 0.275. The summed E-state index contributed by atoms with van der Waals surface area (Å²) in [5, 5.41) is 0. The first kappa shape index (κ1) is 12.7. The van der Waals surface area contributed by atoms with E-state index in [1.54, 1.807) is 0 Å². The summed E-state index contributed by atoms with van der Waals surface area (Å²) in [7, 11) is 2.11. The van der Waals surface area contributed by atoms with Gasteiger partial charge in [0.15, 0.2) is 0 Å². The summed E-state index contributed by atoms with van der Waals surface area (Å²) in [6.45, 7) is 4.98. The highest BCUT2D eigenvalue weighted by molar-refractivity contribution is 6.17. The highest BCUT2D eigenvalue weighted by Gasteiger charge is 2.29. The summed E-state index contributed by atoms with van der Waals surface area (Å²) in [6.07, 6.45) is 3.21. The Morgan fingerprint density at radius 3 is 2.94 bits per heavy atom. The summed E-state index contributed by atoms with van der Waals surface area (Å²) in [6, 6.07) is 2.53. The largest absolute Gasteiger partial charge is 0.376 e. The van der Waals surface area contributed by atoms with Crippen molar-refractivity contribution in [3.63, 3.8) is 0 Å².